The average Bonchev–Trinajstić information content (AvgIpc) is 2.89. The van der Waals surface area contributed by atoms with Gasteiger partial charge in [-0.05, 0) is 55.0 Å². The molecule has 3 aromatic carbocycles. The summed E-state index contributed by atoms with van der Waals surface area (Å²) < 4.78 is 67.5. The van der Waals surface area contributed by atoms with Crippen molar-refractivity contribution < 1.29 is 26.4 Å². The molecule has 0 aromatic heterocycles. The van der Waals surface area contributed by atoms with Gasteiger partial charge in [0, 0.05) is 43.4 Å². The Kier molecular flexibility index (Phi) is 8.34. The highest BCUT2D eigenvalue weighted by Gasteiger charge is 2.32. The van der Waals surface area contributed by atoms with Crippen molar-refractivity contribution in [2.45, 2.75) is 24.5 Å². The van der Waals surface area contributed by atoms with Crippen molar-refractivity contribution in [3.8, 4) is 0 Å². The molecule has 1 saturated heterocycles. The maximum absolute atomic E-state index is 13.5. The zero-order valence-electron chi connectivity index (χ0n) is 20.7. The molecule has 0 radical (unpaired) electrons. The molecular formula is C27H27ClF3N3O3S. The van der Waals surface area contributed by atoms with Gasteiger partial charge in [-0.15, -0.1) is 0 Å². The number of rotatable bonds is 7. The number of piperazine rings is 1. The Bertz CT molecular complexity index is 1370. The smallest absolute Gasteiger partial charge is 0.368 e. The van der Waals surface area contributed by atoms with Gasteiger partial charge < -0.3 is 9.80 Å². The molecule has 0 aliphatic carbocycles. The number of carbonyl (C=O) groups excluding carboxylic acids is 1. The molecule has 1 fully saturated rings. The molecule has 6 nitrogen and oxygen atoms in total. The third-order valence-electron chi connectivity index (χ3n) is 6.41. The highest BCUT2D eigenvalue weighted by atomic mass is 35.5. The third kappa shape index (κ3) is 6.67. The summed E-state index contributed by atoms with van der Waals surface area (Å²) >= 11 is 5.97. The lowest BCUT2D eigenvalue weighted by molar-refractivity contribution is -0.137. The number of nitrogens with zero attached hydrogens (tertiary/aromatic N) is 3. The first-order valence-corrected chi connectivity index (χ1v) is 13.8. The summed E-state index contributed by atoms with van der Waals surface area (Å²) in [6.45, 7) is 2.63. The topological polar surface area (TPSA) is 60.9 Å². The van der Waals surface area contributed by atoms with E-state index in [4.69, 9.17) is 11.6 Å². The Morgan fingerprint density at radius 1 is 0.947 bits per heavy atom. The highest BCUT2D eigenvalue weighted by Crippen LogP contribution is 2.32. The van der Waals surface area contributed by atoms with E-state index in [-0.39, 0.29) is 37.0 Å². The second-order valence-corrected chi connectivity index (χ2v) is 11.5. The number of aryl methyl sites for hydroxylation is 1. The lowest BCUT2D eigenvalue weighted by atomic mass is 10.1. The van der Waals surface area contributed by atoms with Gasteiger partial charge in [-0.1, -0.05) is 47.5 Å². The van der Waals surface area contributed by atoms with Gasteiger partial charge in [0.2, 0.25) is 15.9 Å². The second-order valence-electron chi connectivity index (χ2n) is 9.13. The van der Waals surface area contributed by atoms with Gasteiger partial charge in [0.05, 0.1) is 17.0 Å². The first-order valence-electron chi connectivity index (χ1n) is 11.9. The van der Waals surface area contributed by atoms with Crippen molar-refractivity contribution in [1.82, 2.24) is 9.21 Å². The summed E-state index contributed by atoms with van der Waals surface area (Å²) in [5.74, 6) is -0.377. The van der Waals surface area contributed by atoms with E-state index in [0.717, 1.165) is 22.0 Å². The zero-order valence-corrected chi connectivity index (χ0v) is 22.2. The Hall–Kier alpha value is -3.08. The van der Waals surface area contributed by atoms with Crippen LogP contribution in [0.15, 0.2) is 77.7 Å². The Labute approximate surface area is 225 Å². The van der Waals surface area contributed by atoms with Crippen LogP contribution >= 0.6 is 11.6 Å². The molecule has 0 saturated carbocycles. The number of halogens is 4. The van der Waals surface area contributed by atoms with E-state index in [0.29, 0.717) is 29.4 Å². The lowest BCUT2D eigenvalue weighted by Crippen LogP contribution is -2.51. The summed E-state index contributed by atoms with van der Waals surface area (Å²) in [6.07, 6.45) is -4.44. The van der Waals surface area contributed by atoms with Gasteiger partial charge in [-0.25, -0.2) is 8.42 Å². The minimum atomic E-state index is -4.44. The molecule has 3 aromatic rings. The standard InChI is InChI=1S/C27H27ClF3N3O3S/c1-20-5-11-25(12-6-20)38(36,37)34(18-21-7-9-23(28)10-8-21)19-26(35)33-15-13-32(14-16-33)24-4-2-3-22(17-24)27(29,30)31/h2-12,17H,13-16,18-19H2,1H3. The number of alkyl halides is 3. The van der Waals surface area contributed by atoms with Crippen LogP contribution in [0.4, 0.5) is 18.9 Å². The van der Waals surface area contributed by atoms with E-state index in [2.05, 4.69) is 0 Å². The van der Waals surface area contributed by atoms with E-state index in [1.807, 2.05) is 6.92 Å². The maximum atomic E-state index is 13.5. The summed E-state index contributed by atoms with van der Waals surface area (Å²) in [5.41, 5.74) is 1.28. The largest absolute Gasteiger partial charge is 0.416 e. The normalized spacial score (nSPS) is 14.7. The summed E-state index contributed by atoms with van der Waals surface area (Å²) in [5, 5.41) is 0.511. The average molecular weight is 566 g/mol. The molecule has 0 N–H and O–H groups in total. The molecular weight excluding hydrogens is 539 g/mol. The molecule has 11 heteroatoms. The van der Waals surface area contributed by atoms with Crippen LogP contribution in [0.5, 0.6) is 0 Å². The monoisotopic (exact) mass is 565 g/mol. The number of sulfonamides is 1. The van der Waals surface area contributed by atoms with Crippen LogP contribution < -0.4 is 4.90 Å². The highest BCUT2D eigenvalue weighted by molar-refractivity contribution is 7.89. The Morgan fingerprint density at radius 2 is 1.58 bits per heavy atom. The van der Waals surface area contributed by atoms with Gasteiger partial charge in [-0.3, -0.25) is 4.79 Å². The van der Waals surface area contributed by atoms with Crippen molar-refractivity contribution in [2.24, 2.45) is 0 Å². The van der Waals surface area contributed by atoms with Crippen LogP contribution in [0.1, 0.15) is 16.7 Å². The van der Waals surface area contributed by atoms with E-state index in [9.17, 15) is 26.4 Å². The van der Waals surface area contributed by atoms with Gasteiger partial charge in [0.15, 0.2) is 0 Å². The third-order valence-corrected chi connectivity index (χ3v) is 8.47. The van der Waals surface area contributed by atoms with Gasteiger partial charge in [0.25, 0.3) is 0 Å². The number of carbonyl (C=O) groups is 1. The minimum absolute atomic E-state index is 0.0245. The predicted octanol–water partition coefficient (Wildman–Crippen LogP) is 5.21. The van der Waals surface area contributed by atoms with Crippen LogP contribution in [-0.4, -0.2) is 56.3 Å². The number of amides is 1. The molecule has 1 amide bonds. The first kappa shape index (κ1) is 27.9. The van der Waals surface area contributed by atoms with Gasteiger partial charge in [-0.2, -0.15) is 17.5 Å². The molecule has 38 heavy (non-hydrogen) atoms. The van der Waals surface area contributed by atoms with Crippen LogP contribution in [0.25, 0.3) is 0 Å². The fourth-order valence-corrected chi connectivity index (χ4v) is 5.73. The van der Waals surface area contributed by atoms with Crippen LogP contribution in [0.3, 0.4) is 0 Å². The Morgan fingerprint density at radius 3 is 2.18 bits per heavy atom. The van der Waals surface area contributed by atoms with E-state index >= 15 is 0 Å². The fourth-order valence-electron chi connectivity index (χ4n) is 4.22. The summed E-state index contributed by atoms with van der Waals surface area (Å²) in [6, 6.07) is 18.2. The molecule has 1 heterocycles. The molecule has 0 bridgehead atoms. The van der Waals surface area contributed by atoms with E-state index in [1.54, 1.807) is 52.3 Å². The zero-order chi connectivity index (χ0) is 27.5. The molecule has 202 valence electrons. The number of hydrogen-bond donors (Lipinski definition) is 0. The van der Waals surface area contributed by atoms with Gasteiger partial charge >= 0.3 is 6.18 Å². The maximum Gasteiger partial charge on any atom is 0.416 e. The molecule has 0 atom stereocenters. The van der Waals surface area contributed by atoms with Crippen molar-refractivity contribution in [3.63, 3.8) is 0 Å². The van der Waals surface area contributed by atoms with E-state index in [1.165, 1.54) is 18.2 Å². The summed E-state index contributed by atoms with van der Waals surface area (Å²) in [7, 11) is -4.00. The number of anilines is 1. The van der Waals surface area contributed by atoms with Gasteiger partial charge in [0.1, 0.15) is 0 Å². The quantitative estimate of drug-likeness (QED) is 0.395. The number of hydrogen-bond acceptors (Lipinski definition) is 4. The molecule has 1 aliphatic rings. The van der Waals surface area contributed by atoms with Crippen molar-refractivity contribution in [3.05, 3.63) is 94.5 Å². The molecule has 1 aliphatic heterocycles. The Balaban J connectivity index is 1.48. The molecule has 0 spiro atoms. The summed E-state index contributed by atoms with van der Waals surface area (Å²) in [4.78, 5) is 16.7. The minimum Gasteiger partial charge on any atom is -0.368 e. The first-order chi connectivity index (χ1) is 17.9. The van der Waals surface area contributed by atoms with Crippen LogP contribution in [0.2, 0.25) is 5.02 Å². The second kappa shape index (κ2) is 11.3. The molecule has 0 unspecified atom stereocenters. The van der Waals surface area contributed by atoms with Crippen LogP contribution in [-0.2, 0) is 27.5 Å². The molecule has 4 rings (SSSR count). The van der Waals surface area contributed by atoms with Crippen molar-refractivity contribution in [2.75, 3.05) is 37.6 Å². The van der Waals surface area contributed by atoms with Crippen LogP contribution in [0, 0.1) is 6.92 Å². The predicted molar refractivity (Wildman–Crippen MR) is 140 cm³/mol. The van der Waals surface area contributed by atoms with Crippen molar-refractivity contribution in [1.29, 1.82) is 0 Å². The fraction of sp³-hybridized carbons (Fsp3) is 0.296. The van der Waals surface area contributed by atoms with E-state index < -0.39 is 21.8 Å². The van der Waals surface area contributed by atoms with Crippen molar-refractivity contribution >= 4 is 33.2 Å². The SMILES string of the molecule is Cc1ccc(S(=O)(=O)N(CC(=O)N2CCN(c3cccc(C(F)(F)F)c3)CC2)Cc2ccc(Cl)cc2)cc1. The lowest BCUT2D eigenvalue weighted by Gasteiger charge is -2.37. The number of benzene rings is 3.